The molecule has 0 aromatic carbocycles. The van der Waals surface area contributed by atoms with Crippen LogP contribution in [0.15, 0.2) is 0 Å². The zero-order valence-corrected chi connectivity index (χ0v) is 11.8. The lowest BCUT2D eigenvalue weighted by atomic mass is 9.94. The fraction of sp³-hybridized carbons (Fsp3) is 1.00. The van der Waals surface area contributed by atoms with Crippen molar-refractivity contribution in [2.24, 2.45) is 0 Å². The first-order valence-corrected chi connectivity index (χ1v) is 6.63. The van der Waals surface area contributed by atoms with Gasteiger partial charge in [-0.15, -0.1) is 0 Å². The average Bonchev–Trinajstić information content (AvgIpc) is 2.30. The van der Waals surface area contributed by atoms with Gasteiger partial charge in [0.2, 0.25) is 0 Å². The summed E-state index contributed by atoms with van der Waals surface area (Å²) in [6.45, 7) is 9.34. The third-order valence-electron chi connectivity index (χ3n) is 3.57. The van der Waals surface area contributed by atoms with Crippen LogP contribution >= 0.6 is 0 Å². The Bertz CT molecular complexity index is 208. The third-order valence-corrected chi connectivity index (χ3v) is 3.57. The van der Waals surface area contributed by atoms with E-state index < -0.39 is 0 Å². The Morgan fingerprint density at radius 1 is 1.41 bits per heavy atom. The Labute approximate surface area is 106 Å². The number of hydrogen-bond acceptors (Lipinski definition) is 4. The van der Waals surface area contributed by atoms with Crippen LogP contribution in [-0.4, -0.2) is 63.5 Å². The minimum atomic E-state index is 0.0298. The van der Waals surface area contributed by atoms with Crippen LogP contribution in [0.25, 0.3) is 0 Å². The minimum Gasteiger partial charge on any atom is -0.383 e. The second kappa shape index (κ2) is 7.31. The lowest BCUT2D eigenvalue weighted by molar-refractivity contribution is -0.0537. The second-order valence-electron chi connectivity index (χ2n) is 5.20. The van der Waals surface area contributed by atoms with Crippen molar-refractivity contribution < 1.29 is 9.47 Å². The molecular weight excluding hydrogens is 216 g/mol. The number of ether oxygens (including phenoxy) is 2. The van der Waals surface area contributed by atoms with Crippen LogP contribution in [0.5, 0.6) is 0 Å². The highest BCUT2D eigenvalue weighted by atomic mass is 16.5. The highest BCUT2D eigenvalue weighted by molar-refractivity contribution is 4.86. The van der Waals surface area contributed by atoms with Gasteiger partial charge < -0.3 is 14.8 Å². The second-order valence-corrected chi connectivity index (χ2v) is 5.20. The van der Waals surface area contributed by atoms with Crippen LogP contribution in [0.2, 0.25) is 0 Å². The molecule has 0 radical (unpaired) electrons. The van der Waals surface area contributed by atoms with Crippen molar-refractivity contribution >= 4 is 0 Å². The Hall–Kier alpha value is -0.160. The quantitative estimate of drug-likeness (QED) is 0.727. The minimum absolute atomic E-state index is 0.0298. The number of nitrogens with one attached hydrogen (secondary N) is 1. The van der Waals surface area contributed by atoms with Crippen molar-refractivity contribution in [2.45, 2.75) is 38.3 Å². The van der Waals surface area contributed by atoms with Crippen molar-refractivity contribution in [2.75, 3.05) is 47.0 Å². The van der Waals surface area contributed by atoms with E-state index >= 15 is 0 Å². The molecule has 1 fully saturated rings. The molecule has 1 aliphatic rings. The molecule has 17 heavy (non-hydrogen) atoms. The van der Waals surface area contributed by atoms with Crippen molar-refractivity contribution in [1.82, 2.24) is 10.2 Å². The number of nitrogens with zero attached hydrogens (tertiary/aromatic N) is 1. The zero-order chi connectivity index (χ0) is 12.7. The van der Waals surface area contributed by atoms with E-state index in [-0.39, 0.29) is 5.60 Å². The summed E-state index contributed by atoms with van der Waals surface area (Å²) < 4.78 is 10.9. The maximum Gasteiger partial charge on any atom is 0.0777 e. The van der Waals surface area contributed by atoms with Crippen LogP contribution in [0.1, 0.15) is 26.7 Å². The summed E-state index contributed by atoms with van der Waals surface area (Å²) >= 11 is 0. The molecule has 0 aromatic rings. The molecule has 1 rings (SSSR count). The van der Waals surface area contributed by atoms with E-state index in [4.69, 9.17) is 9.47 Å². The van der Waals surface area contributed by atoms with Gasteiger partial charge in [-0.2, -0.15) is 0 Å². The lowest BCUT2D eigenvalue weighted by Gasteiger charge is -2.40. The first-order chi connectivity index (χ1) is 8.13. The Morgan fingerprint density at radius 3 is 2.76 bits per heavy atom. The molecule has 0 aliphatic carbocycles. The van der Waals surface area contributed by atoms with Gasteiger partial charge in [0, 0.05) is 33.4 Å². The van der Waals surface area contributed by atoms with Gasteiger partial charge >= 0.3 is 0 Å². The van der Waals surface area contributed by atoms with Gasteiger partial charge in [-0.3, -0.25) is 4.90 Å². The summed E-state index contributed by atoms with van der Waals surface area (Å²) in [5.41, 5.74) is 0.0298. The van der Waals surface area contributed by atoms with E-state index in [1.165, 1.54) is 13.0 Å². The smallest absolute Gasteiger partial charge is 0.0777 e. The van der Waals surface area contributed by atoms with Crippen LogP contribution in [-0.2, 0) is 9.47 Å². The molecule has 0 aromatic heterocycles. The molecule has 2 unspecified atom stereocenters. The fourth-order valence-corrected chi connectivity index (χ4v) is 2.61. The number of hydrogen-bond donors (Lipinski definition) is 1. The van der Waals surface area contributed by atoms with E-state index in [2.05, 4.69) is 24.1 Å². The van der Waals surface area contributed by atoms with E-state index in [9.17, 15) is 0 Å². The maximum absolute atomic E-state index is 5.62. The van der Waals surface area contributed by atoms with E-state index in [1.54, 1.807) is 7.11 Å². The van der Waals surface area contributed by atoms with Crippen molar-refractivity contribution in [1.29, 1.82) is 0 Å². The molecule has 0 bridgehead atoms. The first kappa shape index (κ1) is 14.9. The summed E-state index contributed by atoms with van der Waals surface area (Å²) in [5.74, 6) is 0. The fourth-order valence-electron chi connectivity index (χ4n) is 2.61. The topological polar surface area (TPSA) is 33.7 Å². The predicted molar refractivity (Wildman–Crippen MR) is 70.4 cm³/mol. The van der Waals surface area contributed by atoms with Crippen molar-refractivity contribution in [3.05, 3.63) is 0 Å². The van der Waals surface area contributed by atoms with Gasteiger partial charge in [0.15, 0.2) is 0 Å². The molecule has 1 saturated heterocycles. The molecule has 0 spiro atoms. The number of methoxy groups -OCH3 is 2. The monoisotopic (exact) mass is 244 g/mol. The largest absolute Gasteiger partial charge is 0.383 e. The number of rotatable bonds is 7. The molecule has 1 heterocycles. The van der Waals surface area contributed by atoms with Gasteiger partial charge in [-0.25, -0.2) is 0 Å². The molecule has 2 atom stereocenters. The van der Waals surface area contributed by atoms with Crippen LogP contribution in [0.4, 0.5) is 0 Å². The highest BCUT2D eigenvalue weighted by Crippen LogP contribution is 2.23. The Morgan fingerprint density at radius 2 is 2.18 bits per heavy atom. The van der Waals surface area contributed by atoms with Crippen molar-refractivity contribution in [3.8, 4) is 0 Å². The van der Waals surface area contributed by atoms with Crippen LogP contribution in [0.3, 0.4) is 0 Å². The van der Waals surface area contributed by atoms with E-state index in [1.807, 2.05) is 7.11 Å². The van der Waals surface area contributed by atoms with Gasteiger partial charge in [0.1, 0.15) is 0 Å². The summed E-state index contributed by atoms with van der Waals surface area (Å²) in [6.07, 6.45) is 2.38. The van der Waals surface area contributed by atoms with Gasteiger partial charge in [0.25, 0.3) is 0 Å². The van der Waals surface area contributed by atoms with Gasteiger partial charge in [-0.1, -0.05) is 6.92 Å². The molecule has 4 heteroatoms. The summed E-state index contributed by atoms with van der Waals surface area (Å²) in [5, 5.41) is 3.47. The van der Waals surface area contributed by atoms with Crippen LogP contribution < -0.4 is 5.32 Å². The van der Waals surface area contributed by atoms with E-state index in [0.29, 0.717) is 6.04 Å². The molecule has 102 valence electrons. The maximum atomic E-state index is 5.62. The average molecular weight is 244 g/mol. The molecule has 1 N–H and O–H groups in total. The van der Waals surface area contributed by atoms with Crippen LogP contribution in [0, 0.1) is 0 Å². The third kappa shape index (κ3) is 4.92. The zero-order valence-electron chi connectivity index (χ0n) is 11.8. The summed E-state index contributed by atoms with van der Waals surface area (Å²) in [4.78, 5) is 2.49. The lowest BCUT2D eigenvalue weighted by Crippen LogP contribution is -2.52. The standard InChI is InChI=1S/C13H28N2O2/c1-5-14-12(10-16-3)9-15-8-6-7-13(2,11-15)17-4/h12,14H,5-11H2,1-4H3. The molecule has 0 amide bonds. The Kier molecular flexibility index (Phi) is 6.41. The highest BCUT2D eigenvalue weighted by Gasteiger charge is 2.31. The van der Waals surface area contributed by atoms with Gasteiger partial charge in [0.05, 0.1) is 12.2 Å². The number of likely N-dealkylation sites (N-methyl/N-ethyl adjacent to an activating group) is 1. The number of piperidine rings is 1. The number of likely N-dealkylation sites (tertiary alicyclic amines) is 1. The van der Waals surface area contributed by atoms with E-state index in [0.717, 1.165) is 32.7 Å². The molecule has 0 saturated carbocycles. The normalized spacial score (nSPS) is 28.2. The molecule has 1 aliphatic heterocycles. The van der Waals surface area contributed by atoms with Gasteiger partial charge in [-0.05, 0) is 32.9 Å². The molecular formula is C13H28N2O2. The Balaban J connectivity index is 2.43. The molecule has 4 nitrogen and oxygen atoms in total. The summed E-state index contributed by atoms with van der Waals surface area (Å²) in [7, 11) is 3.58. The SMILES string of the molecule is CCNC(COC)CN1CCCC(C)(OC)C1. The van der Waals surface area contributed by atoms with Crippen molar-refractivity contribution in [3.63, 3.8) is 0 Å². The summed E-state index contributed by atoms with van der Waals surface area (Å²) in [6, 6.07) is 0.421. The first-order valence-electron chi connectivity index (χ1n) is 6.63. The predicted octanol–water partition coefficient (Wildman–Crippen LogP) is 1.11.